The van der Waals surface area contributed by atoms with Crippen molar-refractivity contribution in [3.8, 4) is 5.69 Å². The van der Waals surface area contributed by atoms with Crippen LogP contribution in [-0.2, 0) is 4.79 Å². The standard InChI is InChI=1S/C21H24IN7O/c1-27(14-6-3-7-14)11-5-10-17(30)28(2)15-8-4-9-16(12-15)29-21-18(19(22)26-29)20(23)24-13-25-21/h4-5,8-10,12-14H,3,6-7,11H2,1-2H3,(H2,23,24,25)/b10-5+. The number of nitrogens with zero attached hydrogens (tertiary/aromatic N) is 6. The molecule has 0 spiro atoms. The Morgan fingerprint density at radius 1 is 1.33 bits per heavy atom. The zero-order valence-electron chi connectivity index (χ0n) is 17.0. The van der Waals surface area contributed by atoms with Crippen LogP contribution in [0.3, 0.4) is 0 Å². The van der Waals surface area contributed by atoms with Gasteiger partial charge in [-0.3, -0.25) is 9.69 Å². The van der Waals surface area contributed by atoms with Crippen LogP contribution in [0.25, 0.3) is 16.7 Å². The van der Waals surface area contributed by atoms with E-state index in [1.54, 1.807) is 22.7 Å². The maximum atomic E-state index is 12.6. The molecule has 1 fully saturated rings. The van der Waals surface area contributed by atoms with Gasteiger partial charge in [-0.1, -0.05) is 18.6 Å². The highest BCUT2D eigenvalue weighted by Gasteiger charge is 2.21. The van der Waals surface area contributed by atoms with Gasteiger partial charge in [-0.2, -0.15) is 5.10 Å². The Labute approximate surface area is 188 Å². The smallest absolute Gasteiger partial charge is 0.250 e. The number of hydrogen-bond donors (Lipinski definition) is 1. The molecule has 8 nitrogen and oxygen atoms in total. The topological polar surface area (TPSA) is 93.2 Å². The predicted octanol–water partition coefficient (Wildman–Crippen LogP) is 3.01. The van der Waals surface area contributed by atoms with Crippen molar-refractivity contribution < 1.29 is 4.79 Å². The van der Waals surface area contributed by atoms with Crippen LogP contribution in [0.2, 0.25) is 0 Å². The van der Waals surface area contributed by atoms with Gasteiger partial charge in [0.1, 0.15) is 15.8 Å². The average Bonchev–Trinajstić information content (AvgIpc) is 3.04. The Balaban J connectivity index is 1.53. The lowest BCUT2D eigenvalue weighted by Crippen LogP contribution is -2.37. The fraction of sp³-hybridized carbons (Fsp3) is 0.333. The van der Waals surface area contributed by atoms with Crippen LogP contribution in [0.5, 0.6) is 0 Å². The van der Waals surface area contributed by atoms with Crippen LogP contribution < -0.4 is 10.6 Å². The minimum atomic E-state index is -0.0689. The summed E-state index contributed by atoms with van der Waals surface area (Å²) in [5.74, 6) is 0.330. The number of likely N-dealkylation sites (N-methyl/N-ethyl adjacent to an activating group) is 2. The highest BCUT2D eigenvalue weighted by molar-refractivity contribution is 14.1. The lowest BCUT2D eigenvalue weighted by molar-refractivity contribution is -0.113. The number of nitrogen functional groups attached to an aromatic ring is 1. The molecule has 4 rings (SSSR count). The molecule has 0 bridgehead atoms. The third kappa shape index (κ3) is 4.04. The minimum Gasteiger partial charge on any atom is -0.383 e. The number of fused-ring (bicyclic) bond motifs is 1. The van der Waals surface area contributed by atoms with E-state index >= 15 is 0 Å². The normalized spacial score (nSPS) is 14.5. The molecule has 9 heteroatoms. The molecule has 30 heavy (non-hydrogen) atoms. The van der Waals surface area contributed by atoms with E-state index < -0.39 is 0 Å². The molecule has 156 valence electrons. The van der Waals surface area contributed by atoms with Gasteiger partial charge >= 0.3 is 0 Å². The molecular weight excluding hydrogens is 493 g/mol. The molecule has 0 radical (unpaired) electrons. The number of rotatable bonds is 6. The second-order valence-electron chi connectivity index (χ2n) is 7.50. The number of aromatic nitrogens is 4. The molecule has 1 amide bonds. The third-order valence-corrected chi connectivity index (χ3v) is 6.35. The SMILES string of the molecule is CN(C(=O)/C=C/CN(C)C1CCC1)c1cccc(-n2nc(I)c3c(N)ncnc32)c1. The summed E-state index contributed by atoms with van der Waals surface area (Å²) in [4.78, 5) is 25.0. The molecule has 0 unspecified atom stereocenters. The molecule has 1 aromatic carbocycles. The summed E-state index contributed by atoms with van der Waals surface area (Å²) in [5.41, 5.74) is 8.20. The van der Waals surface area contributed by atoms with Crippen molar-refractivity contribution in [2.24, 2.45) is 0 Å². The van der Waals surface area contributed by atoms with E-state index in [0.29, 0.717) is 17.5 Å². The highest BCUT2D eigenvalue weighted by atomic mass is 127. The largest absolute Gasteiger partial charge is 0.383 e. The van der Waals surface area contributed by atoms with E-state index in [2.05, 4.69) is 49.6 Å². The Morgan fingerprint density at radius 3 is 2.87 bits per heavy atom. The first-order valence-electron chi connectivity index (χ1n) is 9.85. The number of nitrogens with two attached hydrogens (primary N) is 1. The van der Waals surface area contributed by atoms with E-state index in [4.69, 9.17) is 5.73 Å². The van der Waals surface area contributed by atoms with Gasteiger partial charge < -0.3 is 10.6 Å². The van der Waals surface area contributed by atoms with E-state index in [0.717, 1.165) is 27.0 Å². The Morgan fingerprint density at radius 2 is 2.13 bits per heavy atom. The predicted molar refractivity (Wildman–Crippen MR) is 127 cm³/mol. The van der Waals surface area contributed by atoms with E-state index in [1.807, 2.05) is 30.3 Å². The second-order valence-corrected chi connectivity index (χ2v) is 8.53. The zero-order chi connectivity index (χ0) is 21.3. The molecule has 1 aliphatic carbocycles. The summed E-state index contributed by atoms with van der Waals surface area (Å²) >= 11 is 2.13. The third-order valence-electron chi connectivity index (χ3n) is 5.60. The highest BCUT2D eigenvalue weighted by Crippen LogP contribution is 2.27. The fourth-order valence-corrected chi connectivity index (χ4v) is 4.22. The van der Waals surface area contributed by atoms with Gasteiger partial charge in [0.15, 0.2) is 5.65 Å². The quantitative estimate of drug-likeness (QED) is 0.399. The first kappa shape index (κ1) is 20.7. The van der Waals surface area contributed by atoms with Crippen molar-refractivity contribution in [1.82, 2.24) is 24.6 Å². The van der Waals surface area contributed by atoms with Gasteiger partial charge in [0.25, 0.3) is 0 Å². The lowest BCUT2D eigenvalue weighted by Gasteiger charge is -2.33. The Hall–Kier alpha value is -2.53. The Bertz CT molecular complexity index is 1110. The molecule has 1 saturated carbocycles. The number of anilines is 2. The summed E-state index contributed by atoms with van der Waals surface area (Å²) in [6.45, 7) is 0.781. The molecule has 2 N–H and O–H groups in total. The van der Waals surface area contributed by atoms with Gasteiger partial charge in [0, 0.05) is 31.4 Å². The zero-order valence-corrected chi connectivity index (χ0v) is 19.2. The van der Waals surface area contributed by atoms with Crippen molar-refractivity contribution in [3.63, 3.8) is 0 Å². The molecule has 0 saturated heterocycles. The minimum absolute atomic E-state index is 0.0689. The van der Waals surface area contributed by atoms with Gasteiger partial charge in [-0.05, 0) is 60.7 Å². The van der Waals surface area contributed by atoms with Gasteiger partial charge in [-0.25, -0.2) is 14.6 Å². The van der Waals surface area contributed by atoms with Crippen LogP contribution in [-0.4, -0.2) is 57.2 Å². The maximum absolute atomic E-state index is 12.6. The van der Waals surface area contributed by atoms with E-state index in [-0.39, 0.29) is 5.91 Å². The van der Waals surface area contributed by atoms with Gasteiger partial charge in [0.2, 0.25) is 5.91 Å². The van der Waals surface area contributed by atoms with E-state index in [9.17, 15) is 4.79 Å². The van der Waals surface area contributed by atoms with Crippen molar-refractivity contribution in [3.05, 3.63) is 46.4 Å². The maximum Gasteiger partial charge on any atom is 0.250 e. The molecule has 2 aromatic heterocycles. The summed E-state index contributed by atoms with van der Waals surface area (Å²) in [6, 6.07) is 8.28. The number of hydrogen-bond acceptors (Lipinski definition) is 6. The summed E-state index contributed by atoms with van der Waals surface area (Å²) in [6.07, 6.45) is 8.81. The number of carbonyl (C=O) groups excluding carboxylic acids is 1. The van der Waals surface area contributed by atoms with Crippen LogP contribution >= 0.6 is 22.6 Å². The molecule has 0 atom stereocenters. The first-order chi connectivity index (χ1) is 14.5. The summed E-state index contributed by atoms with van der Waals surface area (Å²) in [5, 5.41) is 5.29. The average molecular weight is 517 g/mol. The van der Waals surface area contributed by atoms with Crippen molar-refractivity contribution >= 4 is 51.0 Å². The van der Waals surface area contributed by atoms with Crippen molar-refractivity contribution in [1.29, 1.82) is 0 Å². The fourth-order valence-electron chi connectivity index (χ4n) is 3.48. The second kappa shape index (κ2) is 8.68. The van der Waals surface area contributed by atoms with Crippen LogP contribution in [0.1, 0.15) is 19.3 Å². The van der Waals surface area contributed by atoms with Crippen LogP contribution in [0, 0.1) is 3.70 Å². The monoisotopic (exact) mass is 517 g/mol. The molecule has 3 aromatic rings. The first-order valence-corrected chi connectivity index (χ1v) is 10.9. The van der Waals surface area contributed by atoms with Crippen LogP contribution in [0.4, 0.5) is 11.5 Å². The molecule has 0 aliphatic heterocycles. The molecular formula is C21H24IN7O. The van der Waals surface area contributed by atoms with Crippen molar-refractivity contribution in [2.45, 2.75) is 25.3 Å². The lowest BCUT2D eigenvalue weighted by atomic mass is 9.92. The number of carbonyl (C=O) groups is 1. The van der Waals surface area contributed by atoms with Gasteiger partial charge in [-0.15, -0.1) is 0 Å². The summed E-state index contributed by atoms with van der Waals surface area (Å²) < 4.78 is 2.45. The molecule has 1 aliphatic rings. The summed E-state index contributed by atoms with van der Waals surface area (Å²) in [7, 11) is 3.88. The Kier molecular flexibility index (Phi) is 6.00. The van der Waals surface area contributed by atoms with Crippen molar-refractivity contribution in [2.75, 3.05) is 31.3 Å². The number of amides is 1. The molecule has 2 heterocycles. The van der Waals surface area contributed by atoms with Crippen LogP contribution in [0.15, 0.2) is 42.7 Å². The van der Waals surface area contributed by atoms with Gasteiger partial charge in [0.05, 0.1) is 11.1 Å². The number of halogens is 1. The van der Waals surface area contributed by atoms with E-state index in [1.165, 1.54) is 25.6 Å². The number of benzene rings is 1.